The van der Waals surface area contributed by atoms with Crippen molar-refractivity contribution in [3.05, 3.63) is 16.0 Å². The molecule has 14 heavy (non-hydrogen) atoms. The highest BCUT2D eigenvalue weighted by atomic mass is 79.9. The second-order valence-corrected chi connectivity index (χ2v) is 4.13. The minimum absolute atomic E-state index is 0.404. The first-order chi connectivity index (χ1) is 6.67. The first-order valence-corrected chi connectivity index (χ1v) is 5.79. The molecule has 78 valence electrons. The third-order valence-corrected chi connectivity index (χ3v) is 2.79. The summed E-state index contributed by atoms with van der Waals surface area (Å²) in [6.07, 6.45) is 3.62. The van der Waals surface area contributed by atoms with Crippen molar-refractivity contribution in [2.24, 2.45) is 0 Å². The Labute approximate surface area is 97.4 Å². The zero-order valence-electron chi connectivity index (χ0n) is 8.22. The molecular formula is C9H13BrClN3. The zero-order chi connectivity index (χ0) is 10.6. The first-order valence-electron chi connectivity index (χ1n) is 4.62. The molecule has 1 heterocycles. The maximum Gasteiger partial charge on any atom is 0.161 e. The fourth-order valence-electron chi connectivity index (χ4n) is 1.13. The van der Waals surface area contributed by atoms with Gasteiger partial charge in [0.25, 0.3) is 0 Å². The predicted octanol–water partition coefficient (Wildman–Crippen LogP) is 3.49. The summed E-state index contributed by atoms with van der Waals surface area (Å²) in [5, 5.41) is 3.69. The lowest BCUT2D eigenvalue weighted by Crippen LogP contribution is -2.18. The lowest BCUT2D eigenvalue weighted by atomic mass is 10.2. The van der Waals surface area contributed by atoms with Gasteiger partial charge in [0.05, 0.1) is 6.20 Å². The van der Waals surface area contributed by atoms with Crippen molar-refractivity contribution in [3.63, 3.8) is 0 Å². The van der Waals surface area contributed by atoms with E-state index < -0.39 is 0 Å². The second-order valence-electron chi connectivity index (χ2n) is 2.99. The van der Waals surface area contributed by atoms with Crippen LogP contribution < -0.4 is 5.32 Å². The van der Waals surface area contributed by atoms with Gasteiger partial charge in [-0.1, -0.05) is 25.4 Å². The number of hydrogen-bond acceptors (Lipinski definition) is 3. The van der Waals surface area contributed by atoms with E-state index in [2.05, 4.69) is 45.1 Å². The monoisotopic (exact) mass is 277 g/mol. The maximum absolute atomic E-state index is 5.75. The topological polar surface area (TPSA) is 37.8 Å². The van der Waals surface area contributed by atoms with Crippen LogP contribution in [-0.2, 0) is 0 Å². The molecular weight excluding hydrogens is 265 g/mol. The molecule has 0 atom stereocenters. The van der Waals surface area contributed by atoms with Gasteiger partial charge in [-0.05, 0) is 28.8 Å². The van der Waals surface area contributed by atoms with Crippen molar-refractivity contribution in [1.82, 2.24) is 9.97 Å². The normalized spacial score (nSPS) is 10.6. The van der Waals surface area contributed by atoms with Crippen molar-refractivity contribution in [1.29, 1.82) is 0 Å². The molecule has 1 aromatic rings. The Morgan fingerprint density at radius 3 is 2.71 bits per heavy atom. The number of anilines is 1. The molecule has 0 radical (unpaired) electrons. The molecule has 0 saturated carbocycles. The van der Waals surface area contributed by atoms with Crippen molar-refractivity contribution < 1.29 is 0 Å². The van der Waals surface area contributed by atoms with E-state index in [0.29, 0.717) is 21.6 Å². The van der Waals surface area contributed by atoms with Crippen molar-refractivity contribution in [2.75, 3.05) is 5.32 Å². The smallest absolute Gasteiger partial charge is 0.161 e. The molecule has 0 fully saturated rings. The van der Waals surface area contributed by atoms with Gasteiger partial charge >= 0.3 is 0 Å². The standard InChI is InChI=1S/C9H13BrClN3/c1-3-6(4-2)13-9-8(10)12-5-7(11)14-9/h5-6H,3-4H2,1-2H3,(H,13,14). The number of aromatic nitrogens is 2. The molecule has 0 unspecified atom stereocenters. The summed E-state index contributed by atoms with van der Waals surface area (Å²) in [4.78, 5) is 8.21. The van der Waals surface area contributed by atoms with Crippen LogP contribution in [0, 0.1) is 0 Å². The number of halogens is 2. The highest BCUT2D eigenvalue weighted by Gasteiger charge is 2.08. The van der Waals surface area contributed by atoms with Crippen LogP contribution in [0.4, 0.5) is 5.82 Å². The van der Waals surface area contributed by atoms with Gasteiger partial charge in [0.2, 0.25) is 0 Å². The van der Waals surface area contributed by atoms with Crippen molar-refractivity contribution in [2.45, 2.75) is 32.7 Å². The first kappa shape index (κ1) is 11.7. The largest absolute Gasteiger partial charge is 0.365 e. The molecule has 1 aromatic heterocycles. The van der Waals surface area contributed by atoms with Gasteiger partial charge in [-0.15, -0.1) is 0 Å². The van der Waals surface area contributed by atoms with E-state index in [1.807, 2.05) is 0 Å². The fraction of sp³-hybridized carbons (Fsp3) is 0.556. The molecule has 1 N–H and O–H groups in total. The van der Waals surface area contributed by atoms with Crippen LogP contribution in [0.15, 0.2) is 10.8 Å². The third-order valence-electron chi connectivity index (χ3n) is 2.02. The van der Waals surface area contributed by atoms with Gasteiger partial charge in [-0.2, -0.15) is 0 Å². The Morgan fingerprint density at radius 1 is 1.50 bits per heavy atom. The molecule has 5 heteroatoms. The van der Waals surface area contributed by atoms with E-state index in [4.69, 9.17) is 11.6 Å². The average molecular weight is 279 g/mol. The van der Waals surface area contributed by atoms with Crippen LogP contribution in [-0.4, -0.2) is 16.0 Å². The fourth-order valence-corrected chi connectivity index (χ4v) is 1.57. The average Bonchev–Trinajstić information content (AvgIpc) is 2.19. The highest BCUT2D eigenvalue weighted by molar-refractivity contribution is 9.10. The molecule has 0 aromatic carbocycles. The quantitative estimate of drug-likeness (QED) is 0.916. The molecule has 0 aliphatic rings. The molecule has 0 saturated heterocycles. The van der Waals surface area contributed by atoms with Crippen molar-refractivity contribution >= 4 is 33.3 Å². The lowest BCUT2D eigenvalue weighted by molar-refractivity contribution is 0.667. The zero-order valence-corrected chi connectivity index (χ0v) is 10.6. The van der Waals surface area contributed by atoms with E-state index in [0.717, 1.165) is 12.8 Å². The Balaban J connectivity index is 2.79. The van der Waals surface area contributed by atoms with Gasteiger partial charge in [0, 0.05) is 6.04 Å². The molecule has 3 nitrogen and oxygen atoms in total. The van der Waals surface area contributed by atoms with E-state index >= 15 is 0 Å². The van der Waals surface area contributed by atoms with Gasteiger partial charge < -0.3 is 5.32 Å². The predicted molar refractivity (Wildman–Crippen MR) is 62.7 cm³/mol. The number of hydrogen-bond donors (Lipinski definition) is 1. The van der Waals surface area contributed by atoms with Gasteiger partial charge in [-0.25, -0.2) is 9.97 Å². The van der Waals surface area contributed by atoms with E-state index in [1.165, 1.54) is 6.20 Å². The summed E-state index contributed by atoms with van der Waals surface area (Å²) in [7, 11) is 0. The Bertz CT molecular complexity index is 302. The lowest BCUT2D eigenvalue weighted by Gasteiger charge is -2.15. The van der Waals surface area contributed by atoms with E-state index in [-0.39, 0.29) is 0 Å². The summed E-state index contributed by atoms with van der Waals surface area (Å²) in [5.41, 5.74) is 0. The summed E-state index contributed by atoms with van der Waals surface area (Å²) in [6, 6.07) is 0.416. The highest BCUT2D eigenvalue weighted by Crippen LogP contribution is 2.20. The van der Waals surface area contributed by atoms with Gasteiger partial charge in [0.15, 0.2) is 5.82 Å². The molecule has 0 aliphatic carbocycles. The van der Waals surface area contributed by atoms with Crippen LogP contribution >= 0.6 is 27.5 Å². The maximum atomic E-state index is 5.75. The number of rotatable bonds is 4. The minimum atomic E-state index is 0.404. The van der Waals surface area contributed by atoms with Crippen LogP contribution in [0.5, 0.6) is 0 Å². The second kappa shape index (κ2) is 5.51. The van der Waals surface area contributed by atoms with Crippen LogP contribution in [0.1, 0.15) is 26.7 Å². The summed E-state index contributed by atoms with van der Waals surface area (Å²) >= 11 is 9.07. The Morgan fingerprint density at radius 2 is 2.14 bits per heavy atom. The SMILES string of the molecule is CCC(CC)Nc1nc(Cl)cnc1Br. The van der Waals surface area contributed by atoms with Crippen molar-refractivity contribution in [3.8, 4) is 0 Å². The van der Waals surface area contributed by atoms with Gasteiger partial charge in [0.1, 0.15) is 9.76 Å². The Hall–Kier alpha value is -0.350. The van der Waals surface area contributed by atoms with Crippen LogP contribution in [0.3, 0.4) is 0 Å². The Kier molecular flexibility index (Phi) is 4.62. The number of nitrogens with zero attached hydrogens (tertiary/aromatic N) is 2. The van der Waals surface area contributed by atoms with Gasteiger partial charge in [-0.3, -0.25) is 0 Å². The number of nitrogens with one attached hydrogen (secondary N) is 1. The molecule has 0 spiro atoms. The summed E-state index contributed by atoms with van der Waals surface area (Å²) in [5.74, 6) is 0.714. The molecule has 0 aliphatic heterocycles. The van der Waals surface area contributed by atoms with Crippen LogP contribution in [0.25, 0.3) is 0 Å². The van der Waals surface area contributed by atoms with E-state index in [9.17, 15) is 0 Å². The summed E-state index contributed by atoms with van der Waals surface area (Å²) < 4.78 is 0.703. The summed E-state index contributed by atoms with van der Waals surface area (Å²) in [6.45, 7) is 4.26. The van der Waals surface area contributed by atoms with Crippen LogP contribution in [0.2, 0.25) is 5.15 Å². The minimum Gasteiger partial charge on any atom is -0.365 e. The molecule has 0 bridgehead atoms. The third kappa shape index (κ3) is 3.10. The molecule has 0 amide bonds. The molecule has 1 rings (SSSR count). The van der Waals surface area contributed by atoms with E-state index in [1.54, 1.807) is 0 Å².